The van der Waals surface area contributed by atoms with Gasteiger partial charge in [-0.2, -0.15) is 0 Å². The van der Waals surface area contributed by atoms with Gasteiger partial charge in [-0.25, -0.2) is 4.79 Å². The summed E-state index contributed by atoms with van der Waals surface area (Å²) >= 11 is 0. The number of carbonyl (C=O) groups is 3. The molecule has 1 aromatic carbocycles. The molecule has 0 bridgehead atoms. The summed E-state index contributed by atoms with van der Waals surface area (Å²) in [7, 11) is 3.81. The molecule has 3 rings (SSSR count). The van der Waals surface area contributed by atoms with Crippen LogP contribution < -0.4 is 0 Å². The number of fused-ring (bicyclic) bond motifs is 1. The molecule has 1 aliphatic heterocycles. The van der Waals surface area contributed by atoms with E-state index in [0.29, 0.717) is 16.7 Å². The molecule has 0 saturated carbocycles. The van der Waals surface area contributed by atoms with Gasteiger partial charge in [-0.05, 0) is 52.1 Å². The molecule has 0 fully saturated rings. The van der Waals surface area contributed by atoms with Gasteiger partial charge in [0.25, 0.3) is 11.8 Å². The largest absolute Gasteiger partial charge is 0.463 e. The molecule has 0 radical (unpaired) electrons. The van der Waals surface area contributed by atoms with Crippen LogP contribution in [0, 0.1) is 0 Å². The number of rotatable bonds is 8. The molecule has 3 atom stereocenters. The minimum Gasteiger partial charge on any atom is -0.463 e. The number of nitrogens with zero attached hydrogens (tertiary/aromatic N) is 2. The summed E-state index contributed by atoms with van der Waals surface area (Å²) in [5.74, 6) is -1.09. The van der Waals surface area contributed by atoms with Crippen LogP contribution in [0.15, 0.2) is 35.9 Å². The number of carbonyl (C=O) groups excluding carboxylic acids is 3. The van der Waals surface area contributed by atoms with Crippen molar-refractivity contribution in [2.45, 2.75) is 64.3 Å². The Balaban J connectivity index is 2.03. The Morgan fingerprint density at radius 2 is 1.68 bits per heavy atom. The van der Waals surface area contributed by atoms with Crippen molar-refractivity contribution in [2.75, 3.05) is 20.7 Å². The predicted octanol–water partition coefficient (Wildman–Crippen LogP) is 3.05. The van der Waals surface area contributed by atoms with Gasteiger partial charge in [0.05, 0.1) is 42.0 Å². The summed E-state index contributed by atoms with van der Waals surface area (Å²) in [5, 5.41) is 0. The van der Waals surface area contributed by atoms with Crippen LogP contribution in [0.5, 0.6) is 0 Å². The Morgan fingerprint density at radius 1 is 1.10 bits per heavy atom. The molecule has 1 aromatic rings. The summed E-state index contributed by atoms with van der Waals surface area (Å²) in [4.78, 5) is 42.4. The van der Waals surface area contributed by atoms with Gasteiger partial charge in [-0.1, -0.05) is 26.0 Å². The zero-order valence-electron chi connectivity index (χ0n) is 19.0. The smallest absolute Gasteiger partial charge is 0.333 e. The van der Waals surface area contributed by atoms with Crippen LogP contribution in [0.3, 0.4) is 0 Å². The second-order valence-electron chi connectivity index (χ2n) is 8.20. The molecule has 0 aromatic heterocycles. The molecule has 168 valence electrons. The average Bonchev–Trinajstić information content (AvgIpc) is 3.01. The van der Waals surface area contributed by atoms with Crippen LogP contribution in [0.25, 0.3) is 0 Å². The number of esters is 1. The fraction of sp³-hybridized carbons (Fsp3) is 0.542. The number of imide groups is 1. The lowest BCUT2D eigenvalue weighted by atomic mass is 9.85. The number of hydrogen-bond acceptors (Lipinski definition) is 6. The molecule has 1 heterocycles. The normalized spacial score (nSPS) is 23.4. The highest BCUT2D eigenvalue weighted by Crippen LogP contribution is 2.35. The highest BCUT2D eigenvalue weighted by atomic mass is 16.5. The van der Waals surface area contributed by atoms with Crippen molar-refractivity contribution in [2.24, 2.45) is 0 Å². The van der Waals surface area contributed by atoms with Gasteiger partial charge in [0.1, 0.15) is 0 Å². The van der Waals surface area contributed by atoms with E-state index in [1.54, 1.807) is 31.2 Å². The molecule has 0 N–H and O–H groups in total. The van der Waals surface area contributed by atoms with Gasteiger partial charge in [0.15, 0.2) is 0 Å². The third kappa shape index (κ3) is 4.43. The Hall–Kier alpha value is -2.51. The molecule has 2 amide bonds. The van der Waals surface area contributed by atoms with Crippen LogP contribution in [0.2, 0.25) is 0 Å². The molecule has 7 heteroatoms. The summed E-state index contributed by atoms with van der Waals surface area (Å²) in [6.45, 7) is 6.12. The van der Waals surface area contributed by atoms with Crippen molar-refractivity contribution in [3.8, 4) is 0 Å². The first kappa shape index (κ1) is 23.2. The van der Waals surface area contributed by atoms with Crippen molar-refractivity contribution in [1.82, 2.24) is 9.80 Å². The van der Waals surface area contributed by atoms with E-state index in [1.807, 2.05) is 25.1 Å². The first-order valence-electron chi connectivity index (χ1n) is 11.0. The molecule has 7 nitrogen and oxygen atoms in total. The van der Waals surface area contributed by atoms with Gasteiger partial charge >= 0.3 is 5.97 Å². The van der Waals surface area contributed by atoms with E-state index in [2.05, 4.69) is 13.8 Å². The second-order valence-corrected chi connectivity index (χ2v) is 8.20. The van der Waals surface area contributed by atoms with Crippen molar-refractivity contribution in [3.05, 3.63) is 47.0 Å². The lowest BCUT2D eigenvalue weighted by Gasteiger charge is -2.44. The topological polar surface area (TPSA) is 76.2 Å². The lowest BCUT2D eigenvalue weighted by Crippen LogP contribution is -2.59. The number of benzene rings is 1. The fourth-order valence-corrected chi connectivity index (χ4v) is 4.52. The maximum atomic E-state index is 13.2. The monoisotopic (exact) mass is 428 g/mol. The zero-order chi connectivity index (χ0) is 22.7. The van der Waals surface area contributed by atoms with E-state index in [4.69, 9.17) is 9.47 Å². The summed E-state index contributed by atoms with van der Waals surface area (Å²) in [5.41, 5.74) is 1.24. The maximum Gasteiger partial charge on any atom is 0.333 e. The van der Waals surface area contributed by atoms with Gasteiger partial charge < -0.3 is 14.4 Å². The highest BCUT2D eigenvalue weighted by Gasteiger charge is 2.48. The zero-order valence-corrected chi connectivity index (χ0v) is 19.0. The highest BCUT2D eigenvalue weighted by molar-refractivity contribution is 6.21. The van der Waals surface area contributed by atoms with Crippen molar-refractivity contribution >= 4 is 17.8 Å². The second kappa shape index (κ2) is 9.75. The van der Waals surface area contributed by atoms with E-state index in [0.717, 1.165) is 12.8 Å². The third-order valence-corrected chi connectivity index (χ3v) is 6.08. The van der Waals surface area contributed by atoms with E-state index in [1.165, 1.54) is 4.90 Å². The summed E-state index contributed by atoms with van der Waals surface area (Å²) in [6.07, 6.45) is 3.25. The summed E-state index contributed by atoms with van der Waals surface area (Å²) in [6, 6.07) is 6.00. The van der Waals surface area contributed by atoms with E-state index >= 15 is 0 Å². The minimum atomic E-state index is -0.550. The Labute approximate surface area is 184 Å². The number of likely N-dealkylation sites (N-methyl/N-ethyl adjacent to an activating group) is 1. The molecule has 1 aliphatic carbocycles. The van der Waals surface area contributed by atoms with Gasteiger partial charge in [-0.15, -0.1) is 0 Å². The van der Waals surface area contributed by atoms with Crippen molar-refractivity contribution < 1.29 is 23.9 Å². The van der Waals surface area contributed by atoms with E-state index < -0.39 is 18.1 Å². The molecule has 31 heavy (non-hydrogen) atoms. The van der Waals surface area contributed by atoms with E-state index in [9.17, 15) is 14.4 Å². The number of hydrogen-bond donors (Lipinski definition) is 0. The molecular weight excluding hydrogens is 396 g/mol. The van der Waals surface area contributed by atoms with Crippen LogP contribution in [0.1, 0.15) is 60.7 Å². The predicted molar refractivity (Wildman–Crippen MR) is 117 cm³/mol. The lowest BCUT2D eigenvalue weighted by molar-refractivity contribution is -0.139. The quantitative estimate of drug-likeness (QED) is 0.468. The molecule has 2 aliphatic rings. The van der Waals surface area contributed by atoms with E-state index in [-0.39, 0.29) is 37.0 Å². The average molecular weight is 429 g/mol. The standard InChI is InChI=1S/C24H32N2O5/c1-6-16(7-2)31-20-14-15(24(29)30-8-3)13-19(21(20)25(4)5)26-22(27)17-11-9-10-12-18(17)23(26)28/h9-12,14,16,19-21H,6-8,13H2,1-5H3/t19-,20+,21?/m0/s1. The first-order chi connectivity index (χ1) is 14.8. The third-order valence-electron chi connectivity index (χ3n) is 6.08. The minimum absolute atomic E-state index is 0.00748. The number of ether oxygens (including phenoxy) is 2. The Bertz CT molecular complexity index is 839. The molecule has 0 spiro atoms. The van der Waals surface area contributed by atoms with Crippen LogP contribution in [0.4, 0.5) is 0 Å². The molecule has 1 unspecified atom stereocenters. The molecular formula is C24H32N2O5. The summed E-state index contributed by atoms with van der Waals surface area (Å²) < 4.78 is 11.6. The van der Waals surface area contributed by atoms with Crippen LogP contribution >= 0.6 is 0 Å². The van der Waals surface area contributed by atoms with Gasteiger partial charge in [0, 0.05) is 12.0 Å². The SMILES string of the molecule is CCOC(=O)C1=C[C@@H](OC(CC)CC)C(N(C)C)[C@@H](N2C(=O)c3ccccc3C2=O)C1. The van der Waals surface area contributed by atoms with Crippen molar-refractivity contribution in [1.29, 1.82) is 0 Å². The van der Waals surface area contributed by atoms with Gasteiger partial charge in [-0.3, -0.25) is 14.5 Å². The van der Waals surface area contributed by atoms with Crippen LogP contribution in [-0.2, 0) is 14.3 Å². The Kier molecular flexibility index (Phi) is 7.28. The maximum absolute atomic E-state index is 13.2. The van der Waals surface area contributed by atoms with Crippen molar-refractivity contribution in [3.63, 3.8) is 0 Å². The fourth-order valence-electron chi connectivity index (χ4n) is 4.52. The molecule has 0 saturated heterocycles. The van der Waals surface area contributed by atoms with Crippen LogP contribution in [-0.4, -0.2) is 72.6 Å². The number of amides is 2. The first-order valence-corrected chi connectivity index (χ1v) is 11.0. The Morgan fingerprint density at radius 3 is 2.16 bits per heavy atom. The van der Waals surface area contributed by atoms with Gasteiger partial charge in [0.2, 0.25) is 0 Å².